The topological polar surface area (TPSA) is 32.3 Å². The van der Waals surface area contributed by atoms with E-state index >= 15 is 0 Å². The molecule has 1 atom stereocenters. The summed E-state index contributed by atoms with van der Waals surface area (Å²) in [5.74, 6) is 0.315. The molecule has 1 unspecified atom stereocenters. The number of carbonyl (C=O) groups excluding carboxylic acids is 1. The first-order chi connectivity index (χ1) is 8.84. The van der Waals surface area contributed by atoms with Crippen molar-refractivity contribution < 1.29 is 4.79 Å². The van der Waals surface area contributed by atoms with Crippen LogP contribution in [-0.4, -0.2) is 29.6 Å². The van der Waals surface area contributed by atoms with Crippen LogP contribution in [0.1, 0.15) is 31.2 Å². The van der Waals surface area contributed by atoms with Crippen LogP contribution in [0, 0.1) is 0 Å². The third-order valence-corrected chi connectivity index (χ3v) is 4.17. The van der Waals surface area contributed by atoms with E-state index in [4.69, 9.17) is 0 Å². The standard InChI is InChI=1S/C15H20N2O/c18-15-14(10-9-12-5-2-1-3-6-12)16-11-17(15)13-7-4-8-13/h1-3,5-6,13-14,16H,4,7-11H2. The van der Waals surface area contributed by atoms with Crippen molar-refractivity contribution in [3.8, 4) is 0 Å². The first-order valence-corrected chi connectivity index (χ1v) is 6.92. The summed E-state index contributed by atoms with van der Waals surface area (Å²) in [5.41, 5.74) is 1.31. The number of hydrogen-bond donors (Lipinski definition) is 1. The Balaban J connectivity index is 1.53. The maximum absolute atomic E-state index is 12.2. The van der Waals surface area contributed by atoms with E-state index in [-0.39, 0.29) is 6.04 Å². The summed E-state index contributed by atoms with van der Waals surface area (Å²) in [6, 6.07) is 10.9. The molecule has 2 aliphatic rings. The van der Waals surface area contributed by atoms with Gasteiger partial charge in [0.1, 0.15) is 0 Å². The average Bonchev–Trinajstić information content (AvgIpc) is 2.68. The van der Waals surface area contributed by atoms with E-state index in [2.05, 4.69) is 29.6 Å². The molecule has 0 aromatic heterocycles. The number of benzene rings is 1. The van der Waals surface area contributed by atoms with Crippen molar-refractivity contribution in [1.82, 2.24) is 10.2 Å². The minimum Gasteiger partial charge on any atom is -0.326 e. The minimum atomic E-state index is 0.0332. The van der Waals surface area contributed by atoms with Crippen LogP contribution in [0.25, 0.3) is 0 Å². The van der Waals surface area contributed by atoms with Gasteiger partial charge < -0.3 is 4.90 Å². The zero-order valence-electron chi connectivity index (χ0n) is 10.6. The van der Waals surface area contributed by atoms with E-state index < -0.39 is 0 Å². The Bertz CT molecular complexity index is 414. The predicted octanol–water partition coefficient (Wildman–Crippen LogP) is 1.93. The monoisotopic (exact) mass is 244 g/mol. The summed E-state index contributed by atoms with van der Waals surface area (Å²) < 4.78 is 0. The predicted molar refractivity (Wildman–Crippen MR) is 71.0 cm³/mol. The third-order valence-electron chi connectivity index (χ3n) is 4.17. The fourth-order valence-corrected chi connectivity index (χ4v) is 2.76. The van der Waals surface area contributed by atoms with Crippen molar-refractivity contribution in [2.75, 3.05) is 6.67 Å². The largest absolute Gasteiger partial charge is 0.326 e. The Morgan fingerprint density at radius 3 is 2.67 bits per heavy atom. The summed E-state index contributed by atoms with van der Waals surface area (Å²) in [6.07, 6.45) is 5.55. The molecule has 1 saturated heterocycles. The van der Waals surface area contributed by atoms with Crippen LogP contribution < -0.4 is 5.32 Å². The summed E-state index contributed by atoms with van der Waals surface area (Å²) in [5, 5.41) is 3.35. The highest BCUT2D eigenvalue weighted by Crippen LogP contribution is 2.27. The summed E-state index contributed by atoms with van der Waals surface area (Å²) >= 11 is 0. The van der Waals surface area contributed by atoms with Gasteiger partial charge in [-0.15, -0.1) is 0 Å². The van der Waals surface area contributed by atoms with Crippen molar-refractivity contribution in [2.45, 2.75) is 44.2 Å². The van der Waals surface area contributed by atoms with E-state index in [1.807, 2.05) is 11.0 Å². The molecular formula is C15H20N2O. The molecule has 1 N–H and O–H groups in total. The van der Waals surface area contributed by atoms with Gasteiger partial charge >= 0.3 is 0 Å². The second kappa shape index (κ2) is 5.11. The number of aryl methyl sites for hydroxylation is 1. The highest BCUT2D eigenvalue weighted by Gasteiger charge is 2.37. The average molecular weight is 244 g/mol. The smallest absolute Gasteiger partial charge is 0.241 e. The fourth-order valence-electron chi connectivity index (χ4n) is 2.76. The normalized spacial score (nSPS) is 24.3. The Hall–Kier alpha value is -1.35. The molecule has 1 aromatic carbocycles. The molecule has 3 rings (SSSR count). The number of carbonyl (C=O) groups is 1. The number of hydrogen-bond acceptors (Lipinski definition) is 2. The molecule has 1 aromatic rings. The van der Waals surface area contributed by atoms with Crippen molar-refractivity contribution in [3.05, 3.63) is 35.9 Å². The van der Waals surface area contributed by atoms with Crippen LogP contribution in [-0.2, 0) is 11.2 Å². The van der Waals surface area contributed by atoms with Gasteiger partial charge in [-0.2, -0.15) is 0 Å². The SMILES string of the molecule is O=C1C(CCc2ccccc2)NCN1C1CCC1. The van der Waals surface area contributed by atoms with Crippen LogP contribution in [0.3, 0.4) is 0 Å². The Labute approximate surface area is 108 Å². The van der Waals surface area contributed by atoms with Gasteiger partial charge in [0.15, 0.2) is 0 Å². The maximum Gasteiger partial charge on any atom is 0.241 e. The van der Waals surface area contributed by atoms with Gasteiger partial charge in [0, 0.05) is 6.04 Å². The van der Waals surface area contributed by atoms with Crippen molar-refractivity contribution >= 4 is 5.91 Å². The zero-order chi connectivity index (χ0) is 12.4. The van der Waals surface area contributed by atoms with E-state index in [1.165, 1.54) is 24.8 Å². The van der Waals surface area contributed by atoms with Crippen molar-refractivity contribution in [1.29, 1.82) is 0 Å². The van der Waals surface area contributed by atoms with Crippen molar-refractivity contribution in [3.63, 3.8) is 0 Å². The number of nitrogens with one attached hydrogen (secondary N) is 1. The lowest BCUT2D eigenvalue weighted by Gasteiger charge is -2.34. The fraction of sp³-hybridized carbons (Fsp3) is 0.533. The highest BCUT2D eigenvalue weighted by atomic mass is 16.2. The van der Waals surface area contributed by atoms with Gasteiger partial charge in [-0.25, -0.2) is 0 Å². The molecular weight excluding hydrogens is 224 g/mol. The van der Waals surface area contributed by atoms with E-state index in [9.17, 15) is 4.79 Å². The lowest BCUT2D eigenvalue weighted by molar-refractivity contribution is -0.132. The number of nitrogens with zero attached hydrogens (tertiary/aromatic N) is 1. The Morgan fingerprint density at radius 1 is 1.22 bits per heavy atom. The van der Waals surface area contributed by atoms with Gasteiger partial charge in [0.2, 0.25) is 5.91 Å². The first-order valence-electron chi connectivity index (χ1n) is 6.92. The minimum absolute atomic E-state index is 0.0332. The van der Waals surface area contributed by atoms with Gasteiger partial charge in [0.25, 0.3) is 0 Å². The summed E-state index contributed by atoms with van der Waals surface area (Å²) in [4.78, 5) is 14.3. The summed E-state index contributed by atoms with van der Waals surface area (Å²) in [7, 11) is 0. The molecule has 3 nitrogen and oxygen atoms in total. The van der Waals surface area contributed by atoms with Gasteiger partial charge in [-0.05, 0) is 37.7 Å². The van der Waals surface area contributed by atoms with Gasteiger partial charge in [0.05, 0.1) is 12.7 Å². The molecule has 1 aliphatic carbocycles. The Morgan fingerprint density at radius 2 is 2.00 bits per heavy atom. The maximum atomic E-state index is 12.2. The van der Waals surface area contributed by atoms with E-state index in [0.717, 1.165) is 19.5 Å². The molecule has 0 spiro atoms. The van der Waals surface area contributed by atoms with Crippen molar-refractivity contribution in [2.24, 2.45) is 0 Å². The number of amides is 1. The van der Waals surface area contributed by atoms with Gasteiger partial charge in [-0.1, -0.05) is 30.3 Å². The molecule has 1 heterocycles. The molecule has 18 heavy (non-hydrogen) atoms. The molecule has 0 bridgehead atoms. The van der Waals surface area contributed by atoms with Crippen LogP contribution in [0.2, 0.25) is 0 Å². The third kappa shape index (κ3) is 2.27. The quantitative estimate of drug-likeness (QED) is 0.877. The molecule has 3 heteroatoms. The second-order valence-corrected chi connectivity index (χ2v) is 5.33. The van der Waals surface area contributed by atoms with Crippen LogP contribution >= 0.6 is 0 Å². The molecule has 1 amide bonds. The first kappa shape index (κ1) is 11.7. The van der Waals surface area contributed by atoms with Crippen LogP contribution in [0.5, 0.6) is 0 Å². The number of rotatable bonds is 4. The molecule has 1 aliphatic heterocycles. The van der Waals surface area contributed by atoms with Crippen LogP contribution in [0.4, 0.5) is 0 Å². The molecule has 2 fully saturated rings. The molecule has 96 valence electrons. The Kier molecular flexibility index (Phi) is 3.33. The second-order valence-electron chi connectivity index (χ2n) is 5.33. The van der Waals surface area contributed by atoms with E-state index in [0.29, 0.717) is 11.9 Å². The lowest BCUT2D eigenvalue weighted by Crippen LogP contribution is -2.42. The van der Waals surface area contributed by atoms with Gasteiger partial charge in [-0.3, -0.25) is 10.1 Å². The zero-order valence-corrected chi connectivity index (χ0v) is 10.6. The molecule has 0 radical (unpaired) electrons. The lowest BCUT2D eigenvalue weighted by atomic mass is 9.91. The van der Waals surface area contributed by atoms with Crippen LogP contribution in [0.15, 0.2) is 30.3 Å². The molecule has 1 saturated carbocycles. The summed E-state index contributed by atoms with van der Waals surface area (Å²) in [6.45, 7) is 0.753. The highest BCUT2D eigenvalue weighted by molar-refractivity contribution is 5.84. The van der Waals surface area contributed by atoms with E-state index in [1.54, 1.807) is 0 Å².